The van der Waals surface area contributed by atoms with E-state index in [0.29, 0.717) is 10.0 Å². The zero-order chi connectivity index (χ0) is 12.3. The predicted octanol–water partition coefficient (Wildman–Crippen LogP) is 4.00. The summed E-state index contributed by atoms with van der Waals surface area (Å²) in [6.07, 6.45) is 4.66. The number of rotatable bonds is 4. The Morgan fingerprint density at radius 2 is 1.94 bits per heavy atom. The molecule has 1 aromatic heterocycles. The summed E-state index contributed by atoms with van der Waals surface area (Å²) in [5.74, 6) is 0.796. The molecule has 0 aliphatic heterocycles. The fourth-order valence-corrected chi connectivity index (χ4v) is 2.07. The first-order chi connectivity index (χ1) is 8.20. The highest BCUT2D eigenvalue weighted by Crippen LogP contribution is 2.23. The molecule has 0 radical (unpaired) electrons. The Morgan fingerprint density at radius 1 is 1.24 bits per heavy atom. The van der Waals surface area contributed by atoms with Crippen molar-refractivity contribution in [3.63, 3.8) is 0 Å². The molecule has 5 heteroatoms. The fraction of sp³-hybridized carbons (Fsp3) is 0.250. The highest BCUT2D eigenvalue weighted by atomic mass is 35.5. The smallest absolute Gasteiger partial charge is 0.207 e. The topological polar surface area (TPSA) is 29.9 Å². The van der Waals surface area contributed by atoms with Crippen LogP contribution in [0.2, 0.25) is 10.0 Å². The van der Waals surface area contributed by atoms with Gasteiger partial charge in [0.15, 0.2) is 0 Å². The lowest BCUT2D eigenvalue weighted by Crippen LogP contribution is -2.06. The Morgan fingerprint density at radius 3 is 2.59 bits per heavy atom. The molecular formula is C12H13Cl2N3. The maximum Gasteiger partial charge on any atom is 0.207 e. The molecule has 0 unspecified atom stereocenters. The average Bonchev–Trinajstić information content (AvgIpc) is 2.73. The van der Waals surface area contributed by atoms with Crippen LogP contribution in [-0.4, -0.2) is 16.1 Å². The summed E-state index contributed by atoms with van der Waals surface area (Å²) in [4.78, 5) is 4.26. The second-order valence-corrected chi connectivity index (χ2v) is 4.55. The number of halogens is 2. The highest BCUT2D eigenvalue weighted by Gasteiger charge is 2.05. The van der Waals surface area contributed by atoms with Crippen LogP contribution in [0.3, 0.4) is 0 Å². The van der Waals surface area contributed by atoms with Crippen LogP contribution < -0.4 is 5.32 Å². The van der Waals surface area contributed by atoms with Crippen molar-refractivity contribution in [2.75, 3.05) is 11.9 Å². The average molecular weight is 270 g/mol. The monoisotopic (exact) mass is 269 g/mol. The number of hydrogen-bond donors (Lipinski definition) is 1. The molecule has 0 bridgehead atoms. The van der Waals surface area contributed by atoms with Crippen LogP contribution in [0.1, 0.15) is 13.3 Å². The van der Waals surface area contributed by atoms with Crippen LogP contribution in [-0.2, 0) is 0 Å². The van der Waals surface area contributed by atoms with Gasteiger partial charge in [0.2, 0.25) is 5.95 Å². The van der Waals surface area contributed by atoms with Gasteiger partial charge in [0.1, 0.15) is 0 Å². The van der Waals surface area contributed by atoms with Crippen LogP contribution in [0.5, 0.6) is 0 Å². The van der Waals surface area contributed by atoms with Crippen molar-refractivity contribution in [2.45, 2.75) is 13.3 Å². The molecule has 0 aliphatic rings. The number of nitrogens with zero attached hydrogens (tertiary/aromatic N) is 2. The van der Waals surface area contributed by atoms with Crippen molar-refractivity contribution >= 4 is 29.2 Å². The summed E-state index contributed by atoms with van der Waals surface area (Å²) in [6.45, 7) is 2.99. The molecule has 0 fully saturated rings. The van der Waals surface area contributed by atoms with Crippen LogP contribution >= 0.6 is 23.2 Å². The molecule has 0 amide bonds. The van der Waals surface area contributed by atoms with E-state index in [1.165, 1.54) is 0 Å². The zero-order valence-corrected chi connectivity index (χ0v) is 11.0. The first-order valence-corrected chi connectivity index (χ1v) is 6.20. The summed E-state index contributed by atoms with van der Waals surface area (Å²) in [5, 5.41) is 4.47. The Kier molecular flexibility index (Phi) is 3.92. The third-order valence-electron chi connectivity index (χ3n) is 2.30. The Labute approximate surface area is 110 Å². The van der Waals surface area contributed by atoms with Crippen molar-refractivity contribution < 1.29 is 0 Å². The lowest BCUT2D eigenvalue weighted by atomic mass is 10.3. The van der Waals surface area contributed by atoms with Crippen LogP contribution in [0.4, 0.5) is 5.95 Å². The molecule has 0 saturated heterocycles. The summed E-state index contributed by atoms with van der Waals surface area (Å²) in [5.41, 5.74) is 0.901. The summed E-state index contributed by atoms with van der Waals surface area (Å²) >= 11 is 12.0. The van der Waals surface area contributed by atoms with Gasteiger partial charge in [0.05, 0.1) is 5.69 Å². The summed E-state index contributed by atoms with van der Waals surface area (Å²) in [7, 11) is 0. The molecule has 3 nitrogen and oxygen atoms in total. The van der Waals surface area contributed by atoms with Gasteiger partial charge in [-0.3, -0.25) is 4.57 Å². The number of anilines is 1. The summed E-state index contributed by atoms with van der Waals surface area (Å²) in [6, 6.07) is 5.42. The van der Waals surface area contributed by atoms with Crippen LogP contribution in [0, 0.1) is 0 Å². The van der Waals surface area contributed by atoms with E-state index in [1.807, 2.05) is 22.9 Å². The third kappa shape index (κ3) is 2.93. The molecule has 1 N–H and O–H groups in total. The standard InChI is InChI=1S/C12H13Cl2N3/c1-2-3-15-12-16-4-5-17(12)11-7-9(13)6-10(14)8-11/h4-8H,2-3H2,1H3,(H,15,16). The molecule has 2 rings (SSSR count). The molecule has 17 heavy (non-hydrogen) atoms. The van der Waals surface area contributed by atoms with Crippen molar-refractivity contribution in [3.05, 3.63) is 40.6 Å². The van der Waals surface area contributed by atoms with Gasteiger partial charge in [-0.2, -0.15) is 0 Å². The largest absolute Gasteiger partial charge is 0.355 e. The molecule has 0 saturated carbocycles. The van der Waals surface area contributed by atoms with E-state index in [4.69, 9.17) is 23.2 Å². The molecule has 1 aromatic carbocycles. The Hall–Kier alpha value is -1.19. The van der Waals surface area contributed by atoms with E-state index in [-0.39, 0.29) is 0 Å². The third-order valence-corrected chi connectivity index (χ3v) is 2.74. The molecule has 0 atom stereocenters. The van der Waals surface area contributed by atoms with E-state index < -0.39 is 0 Å². The number of imidazole rings is 1. The zero-order valence-electron chi connectivity index (χ0n) is 9.45. The van der Waals surface area contributed by atoms with Crippen molar-refractivity contribution in [1.82, 2.24) is 9.55 Å². The van der Waals surface area contributed by atoms with E-state index in [2.05, 4.69) is 17.2 Å². The Balaban J connectivity index is 2.35. The molecule has 90 valence electrons. The minimum absolute atomic E-state index is 0.614. The maximum absolute atomic E-state index is 5.99. The van der Waals surface area contributed by atoms with E-state index in [1.54, 1.807) is 12.3 Å². The predicted molar refractivity (Wildman–Crippen MR) is 72.4 cm³/mol. The molecule has 1 heterocycles. The van der Waals surface area contributed by atoms with Gasteiger partial charge in [0, 0.05) is 29.0 Å². The second kappa shape index (κ2) is 5.43. The van der Waals surface area contributed by atoms with Gasteiger partial charge in [0.25, 0.3) is 0 Å². The molecule has 0 spiro atoms. The SMILES string of the molecule is CCCNc1nccn1-c1cc(Cl)cc(Cl)c1. The van der Waals surface area contributed by atoms with Crippen molar-refractivity contribution in [2.24, 2.45) is 0 Å². The van der Waals surface area contributed by atoms with Gasteiger partial charge >= 0.3 is 0 Å². The normalized spacial score (nSPS) is 10.5. The highest BCUT2D eigenvalue weighted by molar-refractivity contribution is 6.34. The van der Waals surface area contributed by atoms with E-state index >= 15 is 0 Å². The number of nitrogens with one attached hydrogen (secondary N) is 1. The molecule has 0 aliphatic carbocycles. The van der Waals surface area contributed by atoms with Gasteiger partial charge in [-0.25, -0.2) is 4.98 Å². The lowest BCUT2D eigenvalue weighted by Gasteiger charge is -2.09. The lowest BCUT2D eigenvalue weighted by molar-refractivity contribution is 0.937. The van der Waals surface area contributed by atoms with Gasteiger partial charge < -0.3 is 5.32 Å². The molecule has 2 aromatic rings. The quantitative estimate of drug-likeness (QED) is 0.909. The van der Waals surface area contributed by atoms with Crippen molar-refractivity contribution in [1.29, 1.82) is 0 Å². The van der Waals surface area contributed by atoms with E-state index in [9.17, 15) is 0 Å². The minimum Gasteiger partial charge on any atom is -0.355 e. The maximum atomic E-state index is 5.99. The van der Waals surface area contributed by atoms with Crippen LogP contribution in [0.15, 0.2) is 30.6 Å². The summed E-state index contributed by atoms with van der Waals surface area (Å²) < 4.78 is 1.92. The number of aromatic nitrogens is 2. The van der Waals surface area contributed by atoms with E-state index in [0.717, 1.165) is 24.6 Å². The van der Waals surface area contributed by atoms with Gasteiger partial charge in [-0.15, -0.1) is 0 Å². The fourth-order valence-electron chi connectivity index (χ4n) is 1.56. The van der Waals surface area contributed by atoms with Crippen LogP contribution in [0.25, 0.3) is 5.69 Å². The number of hydrogen-bond acceptors (Lipinski definition) is 2. The first-order valence-electron chi connectivity index (χ1n) is 5.44. The molecular weight excluding hydrogens is 257 g/mol. The second-order valence-electron chi connectivity index (χ2n) is 3.68. The minimum atomic E-state index is 0.614. The number of benzene rings is 1. The van der Waals surface area contributed by atoms with Gasteiger partial charge in [-0.1, -0.05) is 30.1 Å². The first kappa shape index (κ1) is 12.3. The Bertz CT molecular complexity index is 488. The van der Waals surface area contributed by atoms with Crippen molar-refractivity contribution in [3.8, 4) is 5.69 Å². The van der Waals surface area contributed by atoms with Gasteiger partial charge in [-0.05, 0) is 24.6 Å².